The zero-order valence-corrected chi connectivity index (χ0v) is 4.70. The van der Waals surface area contributed by atoms with E-state index in [2.05, 4.69) is 6.92 Å². The molecule has 0 aliphatic carbocycles. The number of hydrogen-bond acceptors (Lipinski definition) is 1. The molecular formula is C3H9BF3N. The van der Waals surface area contributed by atoms with E-state index >= 15 is 0 Å². The predicted octanol–water partition coefficient (Wildman–Crippen LogP) is -9.01. The van der Waals surface area contributed by atoms with Gasteiger partial charge in [0.15, 0.2) is 0 Å². The van der Waals surface area contributed by atoms with Crippen molar-refractivity contribution in [1.29, 1.82) is 0 Å². The molecule has 0 bridgehead atoms. The van der Waals surface area contributed by atoms with E-state index in [1.807, 2.05) is 0 Å². The standard InChI is InChI=1S/C3H9N.B.3FH/c1-2-3-4;;;;/h2-4H2,1H3;;3*1H/q;+3;;;/p-3. The van der Waals surface area contributed by atoms with Crippen molar-refractivity contribution in [1.82, 2.24) is 0 Å². The average Bonchev–Trinajstić information content (AvgIpc) is 1.37. The van der Waals surface area contributed by atoms with Crippen molar-refractivity contribution in [3.05, 3.63) is 0 Å². The Kier molecular flexibility index (Phi) is 401. The molecule has 2 N–H and O–H groups in total. The number of rotatable bonds is 1. The fraction of sp³-hybridized carbons (Fsp3) is 1.00. The van der Waals surface area contributed by atoms with Gasteiger partial charge in [-0.15, -0.1) is 0 Å². The molecule has 0 saturated heterocycles. The van der Waals surface area contributed by atoms with Gasteiger partial charge < -0.3 is 19.8 Å². The van der Waals surface area contributed by atoms with Gasteiger partial charge in [-0.1, -0.05) is 6.92 Å². The van der Waals surface area contributed by atoms with Crippen molar-refractivity contribution in [2.75, 3.05) is 6.54 Å². The monoisotopic (exact) mass is 127 g/mol. The molecule has 0 unspecified atom stereocenters. The topological polar surface area (TPSA) is 26.0 Å². The smallest absolute Gasteiger partial charge is 1.00 e. The molecule has 0 radical (unpaired) electrons. The Morgan fingerprint density at radius 1 is 1.12 bits per heavy atom. The summed E-state index contributed by atoms with van der Waals surface area (Å²) in [4.78, 5) is 0. The second-order valence-corrected chi connectivity index (χ2v) is 0.789. The minimum Gasteiger partial charge on any atom is -1.00 e. The molecule has 0 aliphatic heterocycles. The second-order valence-electron chi connectivity index (χ2n) is 0.789. The number of hydrogen-bond donors (Lipinski definition) is 1. The van der Waals surface area contributed by atoms with Crippen LogP contribution in [0.2, 0.25) is 0 Å². The Hall–Kier alpha value is -0.185. The maximum absolute atomic E-state index is 5.03. The van der Waals surface area contributed by atoms with Crippen LogP contribution < -0.4 is 19.8 Å². The van der Waals surface area contributed by atoms with Crippen molar-refractivity contribution in [2.24, 2.45) is 5.73 Å². The third kappa shape index (κ3) is 203. The Labute approximate surface area is 49.3 Å². The van der Waals surface area contributed by atoms with Gasteiger partial charge in [0, 0.05) is 0 Å². The van der Waals surface area contributed by atoms with Gasteiger partial charge in [0.05, 0.1) is 0 Å². The molecule has 0 aromatic rings. The maximum atomic E-state index is 5.03. The quantitative estimate of drug-likeness (QED) is 0.348. The fourth-order valence-corrected chi connectivity index (χ4v) is 0. The largest absolute Gasteiger partial charge is 3.00 e. The third-order valence-electron chi connectivity index (χ3n) is 0.289. The fourth-order valence-electron chi connectivity index (χ4n) is 0. The molecular weight excluding hydrogens is 118 g/mol. The van der Waals surface area contributed by atoms with Crippen LogP contribution in [0.1, 0.15) is 13.3 Å². The Balaban J connectivity index is -0.00000000750. The van der Waals surface area contributed by atoms with Crippen LogP contribution in [0.5, 0.6) is 0 Å². The molecule has 0 saturated carbocycles. The van der Waals surface area contributed by atoms with Gasteiger partial charge in [-0.3, -0.25) is 0 Å². The van der Waals surface area contributed by atoms with Crippen molar-refractivity contribution < 1.29 is 14.1 Å². The zero-order chi connectivity index (χ0) is 3.41. The van der Waals surface area contributed by atoms with Gasteiger partial charge in [-0.2, -0.15) is 0 Å². The Bertz CT molecular complexity index is 16.5. The van der Waals surface area contributed by atoms with E-state index in [-0.39, 0.29) is 22.5 Å². The first-order valence-corrected chi connectivity index (χ1v) is 1.62. The summed E-state index contributed by atoms with van der Waals surface area (Å²) < 4.78 is 0. The van der Waals surface area contributed by atoms with Crippen LogP contribution in [0.15, 0.2) is 0 Å². The maximum Gasteiger partial charge on any atom is 3.00 e. The molecule has 0 fully saturated rings. The van der Waals surface area contributed by atoms with E-state index in [0.717, 1.165) is 13.0 Å². The van der Waals surface area contributed by atoms with Crippen LogP contribution in [0.4, 0.5) is 0 Å². The summed E-state index contributed by atoms with van der Waals surface area (Å²) in [5, 5.41) is 0. The van der Waals surface area contributed by atoms with E-state index in [1.54, 1.807) is 0 Å². The van der Waals surface area contributed by atoms with Crippen molar-refractivity contribution in [3.8, 4) is 0 Å². The molecule has 0 amide bonds. The van der Waals surface area contributed by atoms with Gasteiger partial charge in [-0.05, 0) is 13.0 Å². The van der Waals surface area contributed by atoms with Gasteiger partial charge in [0.25, 0.3) is 0 Å². The molecule has 50 valence electrons. The van der Waals surface area contributed by atoms with Gasteiger partial charge in [-0.25, -0.2) is 0 Å². The molecule has 8 heavy (non-hydrogen) atoms. The first-order valence-electron chi connectivity index (χ1n) is 1.62. The van der Waals surface area contributed by atoms with Crippen LogP contribution in [0.3, 0.4) is 0 Å². The van der Waals surface area contributed by atoms with E-state index in [1.165, 1.54) is 0 Å². The molecule has 0 spiro atoms. The van der Waals surface area contributed by atoms with Crippen LogP contribution in [-0.4, -0.2) is 15.0 Å². The van der Waals surface area contributed by atoms with Crippen LogP contribution in [0, 0.1) is 0 Å². The summed E-state index contributed by atoms with van der Waals surface area (Å²) >= 11 is 0. The number of nitrogens with two attached hydrogens (primary N) is 1. The van der Waals surface area contributed by atoms with E-state index in [4.69, 9.17) is 5.73 Å². The summed E-state index contributed by atoms with van der Waals surface area (Å²) in [6, 6.07) is 0. The van der Waals surface area contributed by atoms with Crippen LogP contribution >= 0.6 is 0 Å². The first-order chi connectivity index (χ1) is 1.91. The molecule has 5 heteroatoms. The summed E-state index contributed by atoms with van der Waals surface area (Å²) in [5.41, 5.74) is 5.03. The van der Waals surface area contributed by atoms with E-state index in [9.17, 15) is 0 Å². The molecule has 0 rings (SSSR count). The van der Waals surface area contributed by atoms with Gasteiger partial charge in [0.1, 0.15) is 0 Å². The predicted molar refractivity (Wildman–Crippen MR) is 25.1 cm³/mol. The molecule has 0 atom stereocenters. The minimum absolute atomic E-state index is 0. The van der Waals surface area contributed by atoms with E-state index in [0.29, 0.717) is 0 Å². The Morgan fingerprint density at radius 3 is 1.25 bits per heavy atom. The van der Waals surface area contributed by atoms with E-state index < -0.39 is 0 Å². The summed E-state index contributed by atoms with van der Waals surface area (Å²) in [6.45, 7) is 2.88. The first kappa shape index (κ1) is 45.8. The average molecular weight is 127 g/mol. The van der Waals surface area contributed by atoms with Gasteiger partial charge >= 0.3 is 8.41 Å². The number of halogens is 3. The summed E-state index contributed by atoms with van der Waals surface area (Å²) in [7, 11) is 0. The molecule has 0 heterocycles. The molecule has 0 aromatic heterocycles. The van der Waals surface area contributed by atoms with Crippen LogP contribution in [-0.2, 0) is 0 Å². The zero-order valence-electron chi connectivity index (χ0n) is 4.70. The Morgan fingerprint density at radius 2 is 1.25 bits per heavy atom. The minimum atomic E-state index is 0. The second kappa shape index (κ2) is 70.0. The molecule has 0 aliphatic rings. The van der Waals surface area contributed by atoms with Crippen molar-refractivity contribution in [3.63, 3.8) is 0 Å². The SMILES string of the molecule is CCCN.[B+3].[F-].[F-].[F-]. The van der Waals surface area contributed by atoms with Gasteiger partial charge in [0.2, 0.25) is 0 Å². The molecule has 1 nitrogen and oxygen atoms in total. The normalized spacial score (nSPS) is 3.75. The summed E-state index contributed by atoms with van der Waals surface area (Å²) in [5.74, 6) is 0. The van der Waals surface area contributed by atoms with Crippen LogP contribution in [0.25, 0.3) is 0 Å². The van der Waals surface area contributed by atoms with Crippen molar-refractivity contribution >= 4 is 8.41 Å². The third-order valence-corrected chi connectivity index (χ3v) is 0.289. The van der Waals surface area contributed by atoms with Crippen molar-refractivity contribution in [2.45, 2.75) is 13.3 Å². The molecule has 0 aromatic carbocycles. The summed E-state index contributed by atoms with van der Waals surface area (Å²) in [6.07, 6.45) is 1.10.